The Bertz CT molecular complexity index is 4600. The summed E-state index contributed by atoms with van der Waals surface area (Å²) in [6.07, 6.45) is 0. The van der Waals surface area contributed by atoms with Gasteiger partial charge >= 0.3 is 0 Å². The van der Waals surface area contributed by atoms with E-state index in [0.29, 0.717) is 17.5 Å². The Kier molecular flexibility index (Phi) is 8.17. The maximum atomic E-state index is 7.13. The van der Waals surface area contributed by atoms with Crippen LogP contribution < -0.4 is 0 Å². The van der Waals surface area contributed by atoms with Crippen LogP contribution in [0, 0.1) is 0 Å². The van der Waals surface area contributed by atoms with Crippen molar-refractivity contribution in [2.24, 2.45) is 0 Å². The van der Waals surface area contributed by atoms with Crippen molar-refractivity contribution in [2.75, 3.05) is 0 Å². The van der Waals surface area contributed by atoms with Crippen molar-refractivity contribution in [3.05, 3.63) is 218 Å². The number of thiophene rings is 1. The van der Waals surface area contributed by atoms with Crippen LogP contribution in [0.25, 0.3) is 147 Å². The zero-order valence-corrected chi connectivity index (χ0v) is 37.7. The van der Waals surface area contributed by atoms with Crippen molar-refractivity contribution in [3.63, 3.8) is 0 Å². The van der Waals surface area contributed by atoms with Crippen LogP contribution in [0.3, 0.4) is 0 Å². The number of nitrogens with zero attached hydrogens (tertiary/aromatic N) is 4. The molecular weight excluding hydrogens is 861 g/mol. The van der Waals surface area contributed by atoms with Crippen molar-refractivity contribution in [2.45, 2.75) is 0 Å². The molecule has 69 heavy (non-hydrogen) atoms. The molecule has 15 aromatic rings. The highest BCUT2D eigenvalue weighted by Gasteiger charge is 2.24. The molecule has 0 fully saturated rings. The first-order valence-electron chi connectivity index (χ1n) is 23.2. The molecule has 4 aromatic heterocycles. The molecule has 0 saturated carbocycles. The Hall–Kier alpha value is -8.97. The standard InChI is InChI=1S/C63H36N4OS/c1-2-12-37(13-3-1)38-22-24-41(25-23-38)61-64-62(44-28-31-57-51(33-44)48-20-10-11-21-56(48)69-57)66-63(65-61)45-34-52-58-46-18-8-6-14-39(46)27-30-55(58)68-60(52)54(36-45)67-53-35-43-17-5-4-16-42(43)32-50(53)49-29-26-40-15-7-9-19-47(40)59(49)67/h1-36H. The lowest BCUT2D eigenvalue weighted by Gasteiger charge is -2.14. The Morgan fingerprint density at radius 2 is 0.928 bits per heavy atom. The van der Waals surface area contributed by atoms with E-state index in [-0.39, 0.29) is 0 Å². The summed E-state index contributed by atoms with van der Waals surface area (Å²) in [6.45, 7) is 0. The third kappa shape index (κ3) is 5.92. The van der Waals surface area contributed by atoms with Crippen molar-refractivity contribution in [1.82, 2.24) is 19.5 Å². The highest BCUT2D eigenvalue weighted by atomic mass is 32.1. The van der Waals surface area contributed by atoms with Crippen LogP contribution in [0.5, 0.6) is 0 Å². The smallest absolute Gasteiger partial charge is 0.164 e. The fourth-order valence-corrected chi connectivity index (χ4v) is 11.8. The molecule has 0 bridgehead atoms. The lowest BCUT2D eigenvalue weighted by atomic mass is 10.0. The molecule has 320 valence electrons. The minimum atomic E-state index is 0.575. The molecule has 11 aromatic carbocycles. The topological polar surface area (TPSA) is 56.7 Å². The van der Waals surface area contributed by atoms with Gasteiger partial charge in [0.05, 0.1) is 16.7 Å². The van der Waals surface area contributed by atoms with E-state index < -0.39 is 0 Å². The van der Waals surface area contributed by atoms with Crippen LogP contribution in [-0.4, -0.2) is 19.5 Å². The summed E-state index contributed by atoms with van der Waals surface area (Å²) in [7, 11) is 0. The van der Waals surface area contributed by atoms with Gasteiger partial charge in [0.1, 0.15) is 5.58 Å². The van der Waals surface area contributed by atoms with Gasteiger partial charge in [-0.05, 0) is 92.7 Å². The van der Waals surface area contributed by atoms with E-state index >= 15 is 0 Å². The Morgan fingerprint density at radius 1 is 0.348 bits per heavy atom. The monoisotopic (exact) mass is 896 g/mol. The SMILES string of the molecule is c1ccc(-c2ccc(-c3nc(-c4ccc5sc6ccccc6c5c4)nc(-c4cc(-n5c6cc7ccccc7cc6c6ccc7ccccc7c65)c5oc6ccc7ccccc7c6c5c4)n3)cc2)cc1. The summed E-state index contributed by atoms with van der Waals surface area (Å²) in [4.78, 5) is 16.2. The quantitative estimate of drug-likeness (QED) is 0.173. The third-order valence-electron chi connectivity index (χ3n) is 14.0. The Balaban J connectivity index is 1.05. The molecule has 0 aliphatic heterocycles. The van der Waals surface area contributed by atoms with Crippen LogP contribution in [0.2, 0.25) is 0 Å². The predicted molar refractivity (Wildman–Crippen MR) is 289 cm³/mol. The molecule has 0 unspecified atom stereocenters. The molecule has 0 saturated heterocycles. The summed E-state index contributed by atoms with van der Waals surface area (Å²) in [5, 5.41) is 13.8. The number of hydrogen-bond acceptors (Lipinski definition) is 5. The van der Waals surface area contributed by atoms with Gasteiger partial charge in [0.25, 0.3) is 0 Å². The fourth-order valence-electron chi connectivity index (χ4n) is 10.7. The second kappa shape index (κ2) is 14.8. The minimum absolute atomic E-state index is 0.575. The van der Waals surface area contributed by atoms with Gasteiger partial charge in [-0.1, -0.05) is 164 Å². The van der Waals surface area contributed by atoms with Gasteiger partial charge < -0.3 is 8.98 Å². The van der Waals surface area contributed by atoms with Crippen LogP contribution in [-0.2, 0) is 0 Å². The van der Waals surface area contributed by atoms with Crippen LogP contribution in [0.15, 0.2) is 223 Å². The van der Waals surface area contributed by atoms with Crippen LogP contribution in [0.1, 0.15) is 0 Å². The molecule has 15 rings (SSSR count). The molecule has 4 heterocycles. The first-order valence-corrected chi connectivity index (χ1v) is 24.1. The second-order valence-corrected chi connectivity index (χ2v) is 19.0. The summed E-state index contributed by atoms with van der Waals surface area (Å²) >= 11 is 1.81. The van der Waals surface area contributed by atoms with Crippen LogP contribution >= 0.6 is 11.3 Å². The first kappa shape index (κ1) is 38.2. The van der Waals surface area contributed by atoms with E-state index in [2.05, 4.69) is 217 Å². The molecule has 0 aliphatic carbocycles. The van der Waals surface area contributed by atoms with Gasteiger partial charge in [-0.15, -0.1) is 11.3 Å². The van der Waals surface area contributed by atoms with Crippen LogP contribution in [0.4, 0.5) is 0 Å². The van der Waals surface area contributed by atoms with Crippen molar-refractivity contribution in [1.29, 1.82) is 0 Å². The number of benzene rings is 11. The van der Waals surface area contributed by atoms with E-state index in [1.807, 2.05) is 6.07 Å². The number of furan rings is 1. The van der Waals surface area contributed by atoms with Crippen molar-refractivity contribution >= 4 is 108 Å². The van der Waals surface area contributed by atoms with Gasteiger partial charge in [-0.2, -0.15) is 0 Å². The molecule has 0 atom stereocenters. The lowest BCUT2D eigenvalue weighted by molar-refractivity contribution is 0.666. The Labute approximate surface area is 398 Å². The Morgan fingerprint density at radius 3 is 1.74 bits per heavy atom. The van der Waals surface area contributed by atoms with Gasteiger partial charge in [-0.25, -0.2) is 15.0 Å². The normalized spacial score (nSPS) is 12.1. The molecule has 0 aliphatic rings. The average molecular weight is 897 g/mol. The average Bonchev–Trinajstić information content (AvgIpc) is 4.09. The first-order chi connectivity index (χ1) is 34.2. The highest BCUT2D eigenvalue weighted by Crippen LogP contribution is 2.45. The molecule has 0 radical (unpaired) electrons. The zero-order chi connectivity index (χ0) is 45.2. The number of aromatic nitrogens is 4. The van der Waals surface area contributed by atoms with Gasteiger partial charge in [-0.3, -0.25) is 0 Å². The molecule has 6 heteroatoms. The van der Waals surface area contributed by atoms with Gasteiger partial charge in [0, 0.05) is 63.8 Å². The van der Waals surface area contributed by atoms with Crippen molar-refractivity contribution < 1.29 is 4.42 Å². The fraction of sp³-hybridized carbons (Fsp3) is 0. The maximum Gasteiger partial charge on any atom is 0.164 e. The van der Waals surface area contributed by atoms with E-state index in [9.17, 15) is 0 Å². The number of rotatable bonds is 5. The largest absolute Gasteiger partial charge is 0.454 e. The summed E-state index contributed by atoms with van der Waals surface area (Å²) in [6, 6.07) is 78.0. The van der Waals surface area contributed by atoms with E-state index in [0.717, 1.165) is 82.6 Å². The molecule has 0 spiro atoms. The second-order valence-electron chi connectivity index (χ2n) is 17.9. The molecular formula is C63H36N4OS. The number of fused-ring (bicyclic) bond motifs is 14. The minimum Gasteiger partial charge on any atom is -0.454 e. The van der Waals surface area contributed by atoms with E-state index in [1.165, 1.54) is 47.1 Å². The molecule has 5 nitrogen and oxygen atoms in total. The van der Waals surface area contributed by atoms with Gasteiger partial charge in [0.15, 0.2) is 23.1 Å². The summed E-state index contributed by atoms with van der Waals surface area (Å²) in [5.74, 6) is 1.78. The summed E-state index contributed by atoms with van der Waals surface area (Å²) < 4.78 is 12.0. The van der Waals surface area contributed by atoms with Crippen molar-refractivity contribution in [3.8, 4) is 51.0 Å². The number of hydrogen-bond donors (Lipinski definition) is 0. The van der Waals surface area contributed by atoms with E-state index in [4.69, 9.17) is 19.4 Å². The highest BCUT2D eigenvalue weighted by molar-refractivity contribution is 7.25. The zero-order valence-electron chi connectivity index (χ0n) is 36.9. The lowest BCUT2D eigenvalue weighted by Crippen LogP contribution is -2.02. The molecule has 0 N–H and O–H groups in total. The molecule has 0 amide bonds. The predicted octanol–water partition coefficient (Wildman–Crippen LogP) is 17.4. The summed E-state index contributed by atoms with van der Waals surface area (Å²) in [5.41, 5.74) is 9.73. The van der Waals surface area contributed by atoms with Gasteiger partial charge in [0.2, 0.25) is 0 Å². The van der Waals surface area contributed by atoms with E-state index in [1.54, 1.807) is 11.3 Å². The third-order valence-corrected chi connectivity index (χ3v) is 15.1. The maximum absolute atomic E-state index is 7.13.